The second-order valence-electron chi connectivity index (χ2n) is 8.59. The Kier molecular flexibility index (Phi) is 6.55. The Balaban J connectivity index is 1.86. The van der Waals surface area contributed by atoms with E-state index in [-0.39, 0.29) is 5.60 Å². The van der Waals surface area contributed by atoms with E-state index in [1.54, 1.807) is 0 Å². The van der Waals surface area contributed by atoms with Gasteiger partial charge in [0.15, 0.2) is 0 Å². The number of quaternary nitrogens is 1. The van der Waals surface area contributed by atoms with Crippen molar-refractivity contribution >= 4 is 0 Å². The summed E-state index contributed by atoms with van der Waals surface area (Å²) in [6.07, 6.45) is 9.76. The average Bonchev–Trinajstić information content (AvgIpc) is 2.90. The third-order valence-electron chi connectivity index (χ3n) is 5.70. The molecule has 2 nitrogen and oxygen atoms in total. The van der Waals surface area contributed by atoms with Crippen LogP contribution in [0.25, 0.3) is 0 Å². The zero-order valence-electron chi connectivity index (χ0n) is 14.9. The molecule has 0 amide bonds. The van der Waals surface area contributed by atoms with E-state index in [1.165, 1.54) is 64.6 Å². The molecule has 0 aromatic rings. The summed E-state index contributed by atoms with van der Waals surface area (Å²) in [4.78, 5) is 1.87. The van der Waals surface area contributed by atoms with Crippen LogP contribution in [0.2, 0.25) is 0 Å². The van der Waals surface area contributed by atoms with Gasteiger partial charge in [-0.1, -0.05) is 20.3 Å². The highest BCUT2D eigenvalue weighted by molar-refractivity contribution is 4.83. The molecule has 2 saturated heterocycles. The number of hydrogen-bond donors (Lipinski definition) is 1. The van der Waals surface area contributed by atoms with Crippen molar-refractivity contribution in [3.63, 3.8) is 0 Å². The quantitative estimate of drug-likeness (QED) is 0.761. The fourth-order valence-corrected chi connectivity index (χ4v) is 4.36. The molecule has 1 N–H and O–H groups in total. The molecule has 0 aliphatic carbocycles. The van der Waals surface area contributed by atoms with Crippen LogP contribution in [0.4, 0.5) is 0 Å². The third-order valence-corrected chi connectivity index (χ3v) is 5.70. The monoisotopic (exact) mass is 296 g/mol. The fraction of sp³-hybridized carbons (Fsp3) is 1.00. The van der Waals surface area contributed by atoms with Crippen LogP contribution in [0.3, 0.4) is 0 Å². The van der Waals surface area contributed by atoms with Gasteiger partial charge in [-0.2, -0.15) is 0 Å². The highest BCUT2D eigenvalue weighted by Gasteiger charge is 2.33. The molecule has 0 bridgehead atoms. The predicted molar refractivity (Wildman–Crippen MR) is 89.7 cm³/mol. The van der Waals surface area contributed by atoms with Crippen LogP contribution in [0.5, 0.6) is 0 Å². The third kappa shape index (κ3) is 5.90. The molecule has 124 valence electrons. The normalized spacial score (nSPS) is 28.1. The van der Waals surface area contributed by atoms with Gasteiger partial charge < -0.3 is 9.64 Å². The van der Waals surface area contributed by atoms with Crippen molar-refractivity contribution in [1.29, 1.82) is 0 Å². The minimum atomic E-state index is 0.111. The molecule has 0 spiro atoms. The molecule has 2 rings (SSSR count). The first kappa shape index (κ1) is 17.3. The van der Waals surface area contributed by atoms with E-state index < -0.39 is 0 Å². The lowest BCUT2D eigenvalue weighted by Gasteiger charge is -2.39. The molecule has 0 aromatic heterocycles. The molecular formula is C19H38NO+. The number of likely N-dealkylation sites (tertiary alicyclic amines) is 1. The van der Waals surface area contributed by atoms with Gasteiger partial charge in [-0.3, -0.25) is 0 Å². The van der Waals surface area contributed by atoms with Gasteiger partial charge in [0.1, 0.15) is 0 Å². The molecule has 2 heteroatoms. The number of hydrogen-bond acceptors (Lipinski definition) is 1. The Hall–Kier alpha value is -0.0800. The van der Waals surface area contributed by atoms with Crippen molar-refractivity contribution in [3.8, 4) is 0 Å². The van der Waals surface area contributed by atoms with Crippen molar-refractivity contribution in [2.75, 3.05) is 26.2 Å². The van der Waals surface area contributed by atoms with E-state index in [1.807, 2.05) is 4.90 Å². The highest BCUT2D eigenvalue weighted by Crippen LogP contribution is 2.37. The second kappa shape index (κ2) is 7.97. The summed E-state index contributed by atoms with van der Waals surface area (Å²) < 4.78 is 5.94. The minimum Gasteiger partial charge on any atom is -0.376 e. The van der Waals surface area contributed by atoms with Crippen LogP contribution >= 0.6 is 0 Å². The van der Waals surface area contributed by atoms with Gasteiger partial charge in [-0.25, -0.2) is 0 Å². The lowest BCUT2D eigenvalue weighted by molar-refractivity contribution is -0.888. The number of rotatable bonds is 7. The predicted octanol–water partition coefficient (Wildman–Crippen LogP) is 3.31. The molecule has 0 saturated carbocycles. The van der Waals surface area contributed by atoms with E-state index in [0.717, 1.165) is 24.4 Å². The standard InChI is InChI=1S/C19H37NO/c1-16(2)7-8-17(9-13-20-11-5-6-12-20)18-10-14-21-19(3,4)15-18/h16-18H,5-15H2,1-4H3/p+1/t17-,18-/m0/s1. The molecule has 2 heterocycles. The second-order valence-corrected chi connectivity index (χ2v) is 8.59. The van der Waals surface area contributed by atoms with E-state index in [9.17, 15) is 0 Å². The molecular weight excluding hydrogens is 258 g/mol. The van der Waals surface area contributed by atoms with Crippen LogP contribution in [0.1, 0.15) is 72.6 Å². The van der Waals surface area contributed by atoms with Gasteiger partial charge in [0.2, 0.25) is 0 Å². The Labute approximate surface area is 132 Å². The summed E-state index contributed by atoms with van der Waals surface area (Å²) >= 11 is 0. The van der Waals surface area contributed by atoms with Gasteiger partial charge in [0.05, 0.1) is 25.2 Å². The molecule has 0 radical (unpaired) electrons. The van der Waals surface area contributed by atoms with E-state index >= 15 is 0 Å². The molecule has 0 aromatic carbocycles. The van der Waals surface area contributed by atoms with Crippen LogP contribution in [0.15, 0.2) is 0 Å². The summed E-state index contributed by atoms with van der Waals surface area (Å²) in [5.74, 6) is 2.68. The first-order chi connectivity index (χ1) is 9.96. The van der Waals surface area contributed by atoms with Gasteiger partial charge in [0.25, 0.3) is 0 Å². The van der Waals surface area contributed by atoms with Crippen molar-refractivity contribution in [2.24, 2.45) is 17.8 Å². The maximum Gasteiger partial charge on any atom is 0.0773 e. The number of ether oxygens (including phenoxy) is 1. The maximum absolute atomic E-state index is 5.94. The van der Waals surface area contributed by atoms with Crippen LogP contribution in [-0.2, 0) is 4.74 Å². The summed E-state index contributed by atoms with van der Waals surface area (Å²) in [7, 11) is 0. The summed E-state index contributed by atoms with van der Waals surface area (Å²) in [5.41, 5.74) is 0.111. The first-order valence-electron chi connectivity index (χ1n) is 9.44. The largest absolute Gasteiger partial charge is 0.376 e. The van der Waals surface area contributed by atoms with Crippen LogP contribution in [-0.4, -0.2) is 31.8 Å². The summed E-state index contributed by atoms with van der Waals surface area (Å²) in [6.45, 7) is 14.6. The Morgan fingerprint density at radius 1 is 1.10 bits per heavy atom. The fourth-order valence-electron chi connectivity index (χ4n) is 4.36. The Morgan fingerprint density at radius 2 is 1.81 bits per heavy atom. The van der Waals surface area contributed by atoms with E-state index in [2.05, 4.69) is 27.7 Å². The van der Waals surface area contributed by atoms with E-state index in [0.29, 0.717) is 0 Å². The van der Waals surface area contributed by atoms with Crippen molar-refractivity contribution < 1.29 is 9.64 Å². The number of nitrogens with one attached hydrogen (secondary N) is 1. The Morgan fingerprint density at radius 3 is 2.43 bits per heavy atom. The van der Waals surface area contributed by atoms with Crippen molar-refractivity contribution in [3.05, 3.63) is 0 Å². The molecule has 2 fully saturated rings. The van der Waals surface area contributed by atoms with Gasteiger partial charge >= 0.3 is 0 Å². The zero-order chi connectivity index (χ0) is 15.3. The molecule has 0 unspecified atom stereocenters. The molecule has 21 heavy (non-hydrogen) atoms. The molecule has 2 atom stereocenters. The minimum absolute atomic E-state index is 0.111. The average molecular weight is 297 g/mol. The lowest BCUT2D eigenvalue weighted by atomic mass is 9.75. The van der Waals surface area contributed by atoms with E-state index in [4.69, 9.17) is 4.74 Å². The van der Waals surface area contributed by atoms with Crippen molar-refractivity contribution in [2.45, 2.75) is 78.2 Å². The van der Waals surface area contributed by atoms with Gasteiger partial charge in [-0.15, -0.1) is 0 Å². The van der Waals surface area contributed by atoms with Crippen LogP contribution in [0, 0.1) is 17.8 Å². The summed E-state index contributed by atoms with van der Waals surface area (Å²) in [6, 6.07) is 0. The highest BCUT2D eigenvalue weighted by atomic mass is 16.5. The Bertz CT molecular complexity index is 294. The lowest BCUT2D eigenvalue weighted by Crippen LogP contribution is -3.10. The molecule has 2 aliphatic heterocycles. The van der Waals surface area contributed by atoms with Crippen molar-refractivity contribution in [1.82, 2.24) is 0 Å². The first-order valence-corrected chi connectivity index (χ1v) is 9.44. The summed E-state index contributed by atoms with van der Waals surface area (Å²) in [5, 5.41) is 0. The van der Waals surface area contributed by atoms with Crippen LogP contribution < -0.4 is 4.90 Å². The van der Waals surface area contributed by atoms with Gasteiger partial charge in [0, 0.05) is 19.4 Å². The zero-order valence-corrected chi connectivity index (χ0v) is 14.9. The maximum atomic E-state index is 5.94. The smallest absolute Gasteiger partial charge is 0.0773 e. The van der Waals surface area contributed by atoms with Gasteiger partial charge in [-0.05, 0) is 57.3 Å². The SMILES string of the molecule is CC(C)CC[C@@H](CC[NH+]1CCCC1)[C@H]1CCOC(C)(C)C1. The molecule has 2 aliphatic rings. The topological polar surface area (TPSA) is 13.7 Å².